The van der Waals surface area contributed by atoms with E-state index in [1.807, 2.05) is 0 Å². The van der Waals surface area contributed by atoms with Gasteiger partial charge in [-0.25, -0.2) is 17.6 Å². The first-order chi connectivity index (χ1) is 8.90. The highest BCUT2D eigenvalue weighted by molar-refractivity contribution is 9.10. The summed E-state index contributed by atoms with van der Waals surface area (Å²) in [5.74, 6) is -3.60. The summed E-state index contributed by atoms with van der Waals surface area (Å²) in [4.78, 5) is -0.907. The summed E-state index contributed by atoms with van der Waals surface area (Å²) in [5, 5.41) is 0. The van der Waals surface area contributed by atoms with E-state index in [0.717, 1.165) is 6.07 Å². The molecular weight excluding hydrogens is 392 g/mol. The van der Waals surface area contributed by atoms with Gasteiger partial charge >= 0.3 is 0 Å². The third-order valence-electron chi connectivity index (χ3n) is 2.53. The minimum Gasteiger partial charge on any atom is -0.207 e. The molecule has 0 saturated heterocycles. The summed E-state index contributed by atoms with van der Waals surface area (Å²) in [5.41, 5.74) is -0.0340. The van der Waals surface area contributed by atoms with Gasteiger partial charge in [-0.1, -0.05) is 22.0 Å². The zero-order valence-corrected chi connectivity index (χ0v) is 12.4. The van der Waals surface area contributed by atoms with Gasteiger partial charge in [-0.2, -0.15) is 0 Å². The van der Waals surface area contributed by atoms with Gasteiger partial charge in [0.2, 0.25) is 0 Å². The molecule has 0 aliphatic heterocycles. The lowest BCUT2D eigenvalue weighted by atomic mass is 10.0. The van der Waals surface area contributed by atoms with E-state index in [1.165, 1.54) is 12.1 Å². The first kappa shape index (κ1) is 14.5. The van der Waals surface area contributed by atoms with Gasteiger partial charge in [0.05, 0.1) is 9.30 Å². The number of hydrogen-bond acceptors (Lipinski definition) is 0. The van der Waals surface area contributed by atoms with Crippen LogP contribution >= 0.6 is 31.9 Å². The lowest BCUT2D eigenvalue weighted by molar-refractivity contribution is 0.527. The lowest BCUT2D eigenvalue weighted by Gasteiger charge is -2.13. The largest absolute Gasteiger partial charge is 0.207 e. The maximum absolute atomic E-state index is 13.6. The Morgan fingerprint density at radius 1 is 0.842 bits per heavy atom. The number of rotatable bonds is 2. The predicted octanol–water partition coefficient (Wildman–Crippen LogP) is 5.49. The molecule has 0 aliphatic carbocycles. The van der Waals surface area contributed by atoms with Crippen molar-refractivity contribution >= 4 is 31.9 Å². The Hall–Kier alpha value is -0.880. The Morgan fingerprint density at radius 2 is 1.42 bits per heavy atom. The first-order valence-electron chi connectivity index (χ1n) is 5.13. The zero-order chi connectivity index (χ0) is 14.2. The quantitative estimate of drug-likeness (QED) is 0.464. The van der Waals surface area contributed by atoms with Crippen LogP contribution in [-0.4, -0.2) is 0 Å². The summed E-state index contributed by atoms with van der Waals surface area (Å²) in [6, 6.07) is 5.25. The molecule has 2 aromatic carbocycles. The van der Waals surface area contributed by atoms with Crippen molar-refractivity contribution in [3.8, 4) is 0 Å². The summed E-state index contributed by atoms with van der Waals surface area (Å²) in [6.07, 6.45) is 0. The summed E-state index contributed by atoms with van der Waals surface area (Å²) < 4.78 is 53.7. The molecular formula is C13H6Br2F4. The zero-order valence-electron chi connectivity index (χ0n) is 9.23. The Kier molecular flexibility index (Phi) is 4.30. The fourth-order valence-electron chi connectivity index (χ4n) is 1.63. The van der Waals surface area contributed by atoms with E-state index >= 15 is 0 Å². The van der Waals surface area contributed by atoms with Crippen LogP contribution in [-0.2, 0) is 0 Å². The Balaban J connectivity index is 2.49. The third-order valence-corrected chi connectivity index (χ3v) is 4.16. The van der Waals surface area contributed by atoms with Crippen molar-refractivity contribution in [3.05, 3.63) is 69.2 Å². The van der Waals surface area contributed by atoms with Gasteiger partial charge in [-0.3, -0.25) is 0 Å². The van der Waals surface area contributed by atoms with Crippen molar-refractivity contribution in [2.45, 2.75) is 4.83 Å². The second-order valence-corrected chi connectivity index (χ2v) is 5.59. The molecule has 0 saturated carbocycles. The van der Waals surface area contributed by atoms with Crippen molar-refractivity contribution in [2.75, 3.05) is 0 Å². The smallest absolute Gasteiger partial charge is 0.137 e. The van der Waals surface area contributed by atoms with Crippen LogP contribution in [0.1, 0.15) is 16.0 Å². The second-order valence-electron chi connectivity index (χ2n) is 3.82. The number of halogens is 6. The van der Waals surface area contributed by atoms with Gasteiger partial charge in [0, 0.05) is 17.7 Å². The first-order valence-corrected chi connectivity index (χ1v) is 6.84. The fourth-order valence-corrected chi connectivity index (χ4v) is 2.60. The van der Waals surface area contributed by atoms with E-state index in [0.29, 0.717) is 17.7 Å². The highest BCUT2D eigenvalue weighted by atomic mass is 79.9. The van der Waals surface area contributed by atoms with Crippen LogP contribution in [0, 0.1) is 23.3 Å². The maximum atomic E-state index is 13.6. The van der Waals surface area contributed by atoms with Crippen LogP contribution in [0.5, 0.6) is 0 Å². The summed E-state index contributed by atoms with van der Waals surface area (Å²) >= 11 is 6.08. The Labute approximate surface area is 123 Å². The molecule has 0 nitrogen and oxygen atoms in total. The molecule has 0 amide bonds. The molecule has 0 N–H and O–H groups in total. The van der Waals surface area contributed by atoms with Crippen LogP contribution in [0.2, 0.25) is 0 Å². The maximum Gasteiger partial charge on any atom is 0.137 e. The normalized spacial score (nSPS) is 12.5. The molecule has 2 rings (SSSR count). The van der Waals surface area contributed by atoms with Gasteiger partial charge in [0.15, 0.2) is 0 Å². The summed E-state index contributed by atoms with van der Waals surface area (Å²) in [6.45, 7) is 0. The van der Waals surface area contributed by atoms with Crippen LogP contribution in [0.15, 0.2) is 34.8 Å². The van der Waals surface area contributed by atoms with E-state index in [4.69, 9.17) is 0 Å². The molecule has 0 bridgehead atoms. The highest BCUT2D eigenvalue weighted by Gasteiger charge is 2.21. The fraction of sp³-hybridized carbons (Fsp3) is 0.0769. The molecule has 6 heteroatoms. The van der Waals surface area contributed by atoms with E-state index in [1.54, 1.807) is 0 Å². The topological polar surface area (TPSA) is 0 Å². The molecule has 0 aliphatic rings. The molecule has 0 fully saturated rings. The molecule has 1 atom stereocenters. The lowest BCUT2D eigenvalue weighted by Crippen LogP contribution is -2.02. The highest BCUT2D eigenvalue weighted by Crippen LogP contribution is 2.35. The number of alkyl halides is 1. The van der Waals surface area contributed by atoms with E-state index < -0.39 is 28.1 Å². The number of hydrogen-bond donors (Lipinski definition) is 0. The van der Waals surface area contributed by atoms with Crippen molar-refractivity contribution < 1.29 is 17.6 Å². The molecule has 1 unspecified atom stereocenters. The molecule has 100 valence electrons. The molecule has 2 aromatic rings. The molecule has 19 heavy (non-hydrogen) atoms. The third kappa shape index (κ3) is 3.00. The monoisotopic (exact) mass is 396 g/mol. The molecule has 0 heterocycles. The Morgan fingerprint density at radius 3 is 1.95 bits per heavy atom. The van der Waals surface area contributed by atoms with Crippen LogP contribution in [0.3, 0.4) is 0 Å². The second kappa shape index (κ2) is 5.63. The van der Waals surface area contributed by atoms with E-state index in [9.17, 15) is 17.6 Å². The van der Waals surface area contributed by atoms with Gasteiger partial charge in [-0.05, 0) is 33.6 Å². The average molecular weight is 398 g/mol. The van der Waals surface area contributed by atoms with Gasteiger partial charge in [0.25, 0.3) is 0 Å². The van der Waals surface area contributed by atoms with Crippen LogP contribution in [0.25, 0.3) is 0 Å². The van der Waals surface area contributed by atoms with Gasteiger partial charge in [0.1, 0.15) is 23.3 Å². The predicted molar refractivity (Wildman–Crippen MR) is 71.2 cm³/mol. The Bertz CT molecular complexity index is 605. The minimum atomic E-state index is -1.03. The average Bonchev–Trinajstić information content (AvgIpc) is 2.31. The van der Waals surface area contributed by atoms with E-state index in [-0.39, 0.29) is 10.0 Å². The SMILES string of the molecule is Fc1cc(F)c(C(Br)c2ccc(Br)c(F)c2)c(F)c1. The van der Waals surface area contributed by atoms with Crippen LogP contribution in [0.4, 0.5) is 17.6 Å². The number of benzene rings is 2. The van der Waals surface area contributed by atoms with Crippen molar-refractivity contribution in [1.82, 2.24) is 0 Å². The van der Waals surface area contributed by atoms with Gasteiger partial charge in [-0.15, -0.1) is 0 Å². The standard InChI is InChI=1S/C13H6Br2F4/c14-8-2-1-6(3-9(8)17)13(15)12-10(18)4-7(16)5-11(12)19/h1-5,13H. The molecule has 0 radical (unpaired) electrons. The molecule has 0 aromatic heterocycles. The summed E-state index contributed by atoms with van der Waals surface area (Å²) in [7, 11) is 0. The van der Waals surface area contributed by atoms with Crippen LogP contribution < -0.4 is 0 Å². The minimum absolute atomic E-state index is 0.246. The van der Waals surface area contributed by atoms with Gasteiger partial charge < -0.3 is 0 Å². The van der Waals surface area contributed by atoms with Crippen molar-refractivity contribution in [2.24, 2.45) is 0 Å². The van der Waals surface area contributed by atoms with Crippen molar-refractivity contribution in [3.63, 3.8) is 0 Å². The van der Waals surface area contributed by atoms with Crippen molar-refractivity contribution in [1.29, 1.82) is 0 Å². The van der Waals surface area contributed by atoms with E-state index in [2.05, 4.69) is 31.9 Å². The molecule has 0 spiro atoms.